The van der Waals surface area contributed by atoms with Crippen molar-refractivity contribution in [3.05, 3.63) is 63.6 Å². The van der Waals surface area contributed by atoms with Crippen LogP contribution in [0.15, 0.2) is 47.4 Å². The van der Waals surface area contributed by atoms with E-state index < -0.39 is 0 Å². The number of amides is 2. The van der Waals surface area contributed by atoms with Gasteiger partial charge in [-0.25, -0.2) is 0 Å². The minimum absolute atomic E-state index is 0.275. The van der Waals surface area contributed by atoms with Crippen molar-refractivity contribution < 1.29 is 9.59 Å². The van der Waals surface area contributed by atoms with Gasteiger partial charge in [0.25, 0.3) is 11.8 Å². The Kier molecular flexibility index (Phi) is 6.97. The molecule has 0 aromatic heterocycles. The van der Waals surface area contributed by atoms with Crippen LogP contribution in [0.5, 0.6) is 0 Å². The lowest BCUT2D eigenvalue weighted by Crippen LogP contribution is -2.34. The normalized spacial score (nSPS) is 10.3. The molecule has 0 aliphatic heterocycles. The van der Waals surface area contributed by atoms with E-state index in [0.717, 1.165) is 4.90 Å². The highest BCUT2D eigenvalue weighted by Crippen LogP contribution is 2.22. The standard InChI is InChI=1S/C17H16Cl2N2O2S/c1-24-11-6-7-15(19)13(10-11)17(23)21-9-8-20-16(22)12-4-2-3-5-14(12)18/h2-7,10H,8-9H2,1H3,(H,20,22)(H,21,23). The highest BCUT2D eigenvalue weighted by atomic mass is 35.5. The van der Waals surface area contributed by atoms with E-state index in [1.54, 1.807) is 36.4 Å². The number of halogens is 2. The topological polar surface area (TPSA) is 58.2 Å². The van der Waals surface area contributed by atoms with Crippen molar-refractivity contribution >= 4 is 46.8 Å². The average molecular weight is 383 g/mol. The van der Waals surface area contributed by atoms with E-state index in [-0.39, 0.29) is 24.9 Å². The van der Waals surface area contributed by atoms with Crippen LogP contribution in [0.2, 0.25) is 10.0 Å². The zero-order valence-corrected chi connectivity index (χ0v) is 15.3. The lowest BCUT2D eigenvalue weighted by atomic mass is 10.2. The largest absolute Gasteiger partial charge is 0.350 e. The number of hydrogen-bond donors (Lipinski definition) is 2. The molecule has 7 heteroatoms. The first-order valence-corrected chi connectivity index (χ1v) is 9.15. The van der Waals surface area contributed by atoms with Gasteiger partial charge in [-0.3, -0.25) is 9.59 Å². The zero-order valence-electron chi connectivity index (χ0n) is 12.9. The molecule has 126 valence electrons. The minimum atomic E-state index is -0.280. The van der Waals surface area contributed by atoms with E-state index in [4.69, 9.17) is 23.2 Å². The van der Waals surface area contributed by atoms with Crippen LogP contribution >= 0.6 is 35.0 Å². The Balaban J connectivity index is 1.85. The molecular formula is C17H16Cl2N2O2S. The molecule has 4 nitrogen and oxygen atoms in total. The summed E-state index contributed by atoms with van der Waals surface area (Å²) in [5.41, 5.74) is 0.821. The van der Waals surface area contributed by atoms with Crippen molar-refractivity contribution in [2.45, 2.75) is 4.90 Å². The van der Waals surface area contributed by atoms with Crippen LogP contribution in [0, 0.1) is 0 Å². The quantitative estimate of drug-likeness (QED) is 0.588. The van der Waals surface area contributed by atoms with Gasteiger partial charge >= 0.3 is 0 Å². The van der Waals surface area contributed by atoms with Crippen LogP contribution in [0.3, 0.4) is 0 Å². The number of carbonyl (C=O) groups excluding carboxylic acids is 2. The molecule has 0 saturated heterocycles. The van der Waals surface area contributed by atoms with Crippen molar-refractivity contribution in [3.63, 3.8) is 0 Å². The summed E-state index contributed by atoms with van der Waals surface area (Å²) in [6, 6.07) is 12.1. The van der Waals surface area contributed by atoms with Crippen molar-refractivity contribution in [1.29, 1.82) is 0 Å². The van der Waals surface area contributed by atoms with Gasteiger partial charge in [0.15, 0.2) is 0 Å². The van der Waals surface area contributed by atoms with Crippen LogP contribution < -0.4 is 10.6 Å². The van der Waals surface area contributed by atoms with Gasteiger partial charge in [0, 0.05) is 18.0 Å². The van der Waals surface area contributed by atoms with Crippen LogP contribution in [0.25, 0.3) is 0 Å². The molecule has 0 saturated carbocycles. The molecular weight excluding hydrogens is 367 g/mol. The number of hydrogen-bond acceptors (Lipinski definition) is 3. The second-order valence-corrected chi connectivity index (χ2v) is 6.53. The number of benzene rings is 2. The van der Waals surface area contributed by atoms with E-state index in [2.05, 4.69) is 10.6 Å². The van der Waals surface area contributed by atoms with E-state index >= 15 is 0 Å². The van der Waals surface area contributed by atoms with Crippen LogP contribution in [-0.4, -0.2) is 31.2 Å². The van der Waals surface area contributed by atoms with Gasteiger partial charge in [0.1, 0.15) is 0 Å². The van der Waals surface area contributed by atoms with Gasteiger partial charge < -0.3 is 10.6 Å². The molecule has 0 fully saturated rings. The van der Waals surface area contributed by atoms with Gasteiger partial charge in [0.2, 0.25) is 0 Å². The van der Waals surface area contributed by atoms with E-state index in [1.807, 2.05) is 12.3 Å². The Morgan fingerprint density at radius 3 is 2.12 bits per heavy atom. The van der Waals surface area contributed by atoms with Crippen molar-refractivity contribution in [2.24, 2.45) is 0 Å². The number of thioether (sulfide) groups is 1. The Morgan fingerprint density at radius 2 is 1.50 bits per heavy atom. The molecule has 0 heterocycles. The van der Waals surface area contributed by atoms with E-state index in [9.17, 15) is 9.59 Å². The van der Waals surface area contributed by atoms with Crippen molar-refractivity contribution in [1.82, 2.24) is 10.6 Å². The number of rotatable bonds is 6. The third-order valence-corrected chi connectivity index (χ3v) is 4.62. The first-order valence-electron chi connectivity index (χ1n) is 7.17. The molecule has 2 rings (SSSR count). The Morgan fingerprint density at radius 1 is 0.917 bits per heavy atom. The SMILES string of the molecule is CSc1ccc(Cl)c(C(=O)NCCNC(=O)c2ccccc2Cl)c1. The monoisotopic (exact) mass is 382 g/mol. The highest BCUT2D eigenvalue weighted by molar-refractivity contribution is 7.98. The summed E-state index contributed by atoms with van der Waals surface area (Å²) in [7, 11) is 0. The van der Waals surface area contributed by atoms with Gasteiger partial charge in [-0.2, -0.15) is 0 Å². The second kappa shape index (κ2) is 8.97. The Bertz CT molecular complexity index is 753. The molecule has 0 aliphatic carbocycles. The maximum atomic E-state index is 12.2. The highest BCUT2D eigenvalue weighted by Gasteiger charge is 2.12. The molecule has 24 heavy (non-hydrogen) atoms. The molecule has 0 unspecified atom stereocenters. The Labute approximate surface area is 154 Å². The average Bonchev–Trinajstić information content (AvgIpc) is 2.59. The number of nitrogens with one attached hydrogen (secondary N) is 2. The van der Waals surface area contributed by atoms with Crippen LogP contribution in [0.1, 0.15) is 20.7 Å². The molecule has 0 atom stereocenters. The first kappa shape index (κ1) is 18.6. The number of carbonyl (C=O) groups is 2. The summed E-state index contributed by atoms with van der Waals surface area (Å²) in [5.74, 6) is -0.555. The van der Waals surface area contributed by atoms with Crippen molar-refractivity contribution in [3.8, 4) is 0 Å². The predicted molar refractivity (Wildman–Crippen MR) is 99.4 cm³/mol. The zero-order chi connectivity index (χ0) is 17.5. The summed E-state index contributed by atoms with van der Waals surface area (Å²) in [5, 5.41) is 6.22. The van der Waals surface area contributed by atoms with Crippen LogP contribution in [0.4, 0.5) is 0 Å². The smallest absolute Gasteiger partial charge is 0.252 e. The molecule has 2 aromatic carbocycles. The summed E-state index contributed by atoms with van der Waals surface area (Å²) in [4.78, 5) is 25.1. The van der Waals surface area contributed by atoms with Gasteiger partial charge in [0.05, 0.1) is 21.2 Å². The van der Waals surface area contributed by atoms with Gasteiger partial charge in [-0.05, 0) is 36.6 Å². The maximum Gasteiger partial charge on any atom is 0.252 e. The molecule has 0 spiro atoms. The molecule has 0 aliphatic rings. The third kappa shape index (κ3) is 4.90. The van der Waals surface area contributed by atoms with Gasteiger partial charge in [-0.15, -0.1) is 11.8 Å². The Hall–Kier alpha value is -1.69. The lowest BCUT2D eigenvalue weighted by molar-refractivity contribution is 0.0927. The fraction of sp³-hybridized carbons (Fsp3) is 0.176. The second-order valence-electron chi connectivity index (χ2n) is 4.84. The third-order valence-electron chi connectivity index (χ3n) is 3.23. The summed E-state index contributed by atoms with van der Waals surface area (Å²) in [6.45, 7) is 0.574. The minimum Gasteiger partial charge on any atom is -0.350 e. The molecule has 0 bridgehead atoms. The fourth-order valence-electron chi connectivity index (χ4n) is 1.99. The predicted octanol–water partition coefficient (Wildman–Crippen LogP) is 3.88. The van der Waals surface area contributed by atoms with Gasteiger partial charge in [-0.1, -0.05) is 35.3 Å². The van der Waals surface area contributed by atoms with E-state index in [0.29, 0.717) is 21.2 Å². The summed E-state index contributed by atoms with van der Waals surface area (Å²) >= 11 is 13.5. The maximum absolute atomic E-state index is 12.2. The van der Waals surface area contributed by atoms with Crippen molar-refractivity contribution in [2.75, 3.05) is 19.3 Å². The molecule has 0 radical (unpaired) electrons. The first-order chi connectivity index (χ1) is 11.5. The molecule has 2 aromatic rings. The van der Waals surface area contributed by atoms with Crippen LogP contribution in [-0.2, 0) is 0 Å². The fourth-order valence-corrected chi connectivity index (χ4v) is 2.86. The molecule has 2 N–H and O–H groups in total. The molecule has 2 amide bonds. The lowest BCUT2D eigenvalue weighted by Gasteiger charge is -2.09. The summed E-state index contributed by atoms with van der Waals surface area (Å²) < 4.78 is 0. The summed E-state index contributed by atoms with van der Waals surface area (Å²) in [6.07, 6.45) is 1.93. The van der Waals surface area contributed by atoms with E-state index in [1.165, 1.54) is 11.8 Å².